The van der Waals surface area contributed by atoms with E-state index in [0.29, 0.717) is 39.0 Å². The van der Waals surface area contributed by atoms with Crippen LogP contribution in [0.3, 0.4) is 0 Å². The zero-order valence-corrected chi connectivity index (χ0v) is 19.1. The maximum Gasteiger partial charge on any atom is 0.417 e. The number of fused-ring (bicyclic) bond motifs is 3. The Kier molecular flexibility index (Phi) is 5.33. The lowest BCUT2D eigenvalue weighted by atomic mass is 9.94. The first-order valence-corrected chi connectivity index (χ1v) is 10.8. The molecule has 4 aromatic rings. The largest absolute Gasteiger partial charge is 0.481 e. The van der Waals surface area contributed by atoms with Gasteiger partial charge in [-0.05, 0) is 50.2 Å². The number of H-pyrrole nitrogens is 1. The summed E-state index contributed by atoms with van der Waals surface area (Å²) in [5, 5.41) is 0.439. The number of nitrogens with zero attached hydrogens (tertiary/aromatic N) is 2. The summed E-state index contributed by atoms with van der Waals surface area (Å²) in [7, 11) is 0. The predicted molar refractivity (Wildman–Crippen MR) is 123 cm³/mol. The molecule has 35 heavy (non-hydrogen) atoms. The van der Waals surface area contributed by atoms with Gasteiger partial charge >= 0.3 is 6.18 Å². The second-order valence-electron chi connectivity index (χ2n) is 8.40. The lowest BCUT2D eigenvalue weighted by Gasteiger charge is -2.31. The molecule has 4 nitrogen and oxygen atoms in total. The normalized spacial score (nSPS) is 13.8. The quantitative estimate of drug-likeness (QED) is 0.228. The fourth-order valence-electron chi connectivity index (χ4n) is 3.93. The Labute approximate surface area is 203 Å². The molecule has 0 saturated carbocycles. The molecule has 0 spiro atoms. The van der Waals surface area contributed by atoms with Crippen LogP contribution in [0.4, 0.5) is 17.6 Å². The van der Waals surface area contributed by atoms with Crippen LogP contribution in [0.1, 0.15) is 36.2 Å². The molecule has 1 N–H and O–H groups in total. The number of nitrogens with one attached hydrogen (secondary N) is 1. The first-order valence-electron chi connectivity index (χ1n) is 10.5. The highest BCUT2D eigenvalue weighted by Gasteiger charge is 2.37. The molecule has 2 aromatic carbocycles. The number of imidazole rings is 1. The van der Waals surface area contributed by atoms with Crippen LogP contribution in [0.25, 0.3) is 22.6 Å². The Morgan fingerprint density at radius 2 is 1.86 bits per heavy atom. The van der Waals surface area contributed by atoms with Crippen molar-refractivity contribution >= 4 is 11.6 Å². The molecule has 0 fully saturated rings. The molecular weight excluding hydrogens is 482 g/mol. The van der Waals surface area contributed by atoms with Crippen LogP contribution in [-0.2, 0) is 11.8 Å². The average molecular weight is 498 g/mol. The maximum atomic E-state index is 14.1. The third kappa shape index (κ3) is 4.13. The van der Waals surface area contributed by atoms with E-state index in [-0.39, 0.29) is 0 Å². The van der Waals surface area contributed by atoms with E-state index in [2.05, 4.69) is 21.8 Å². The monoisotopic (exact) mass is 497 g/mol. The van der Waals surface area contributed by atoms with Crippen LogP contribution in [0.15, 0.2) is 54.9 Å². The van der Waals surface area contributed by atoms with Gasteiger partial charge in [0.2, 0.25) is 0 Å². The molecule has 1 aliphatic heterocycles. The maximum absolute atomic E-state index is 14.1. The highest BCUT2D eigenvalue weighted by molar-refractivity contribution is 6.33. The van der Waals surface area contributed by atoms with Gasteiger partial charge in [0.05, 0.1) is 21.8 Å². The van der Waals surface area contributed by atoms with Crippen molar-refractivity contribution in [1.29, 1.82) is 0 Å². The van der Waals surface area contributed by atoms with Gasteiger partial charge in [-0.2, -0.15) is 13.2 Å². The van der Waals surface area contributed by atoms with E-state index in [0.717, 1.165) is 23.9 Å². The topological polar surface area (TPSA) is 50.8 Å². The lowest BCUT2D eigenvalue weighted by molar-refractivity contribution is -0.138. The third-order valence-electron chi connectivity index (χ3n) is 5.57. The minimum Gasteiger partial charge on any atom is -0.481 e. The molecule has 0 atom stereocenters. The van der Waals surface area contributed by atoms with Gasteiger partial charge in [-0.1, -0.05) is 29.5 Å². The first kappa shape index (κ1) is 22.9. The van der Waals surface area contributed by atoms with Gasteiger partial charge in [0, 0.05) is 29.1 Å². The van der Waals surface area contributed by atoms with Crippen LogP contribution in [0, 0.1) is 17.7 Å². The second-order valence-corrected chi connectivity index (χ2v) is 8.81. The number of hydrogen-bond acceptors (Lipinski definition) is 3. The molecule has 0 amide bonds. The Bertz CT molecular complexity index is 1530. The number of alkyl halides is 3. The standard InChI is InChI=1S/C26H16ClF4N3O/c1-25(2)23-22(33-24(34-23)16-10-11-32-13-19(16)27)17-9-7-14(12-21(17)35-25)6-8-15-18(26(29,30)31)4-3-5-20(15)28/h3-5,7,9-13H,1-2H3,(H,33,34). The summed E-state index contributed by atoms with van der Waals surface area (Å²) < 4.78 is 60.2. The molecule has 0 unspecified atom stereocenters. The minimum absolute atomic E-state index is 0.372. The zero-order chi connectivity index (χ0) is 25.0. The van der Waals surface area contributed by atoms with E-state index in [4.69, 9.17) is 21.3 Å². The van der Waals surface area contributed by atoms with Crippen molar-refractivity contribution < 1.29 is 22.3 Å². The van der Waals surface area contributed by atoms with Crippen LogP contribution >= 0.6 is 11.6 Å². The smallest absolute Gasteiger partial charge is 0.417 e. The van der Waals surface area contributed by atoms with Crippen LogP contribution in [0.2, 0.25) is 5.02 Å². The number of benzene rings is 2. The molecule has 176 valence electrons. The minimum atomic E-state index is -4.72. The SMILES string of the molecule is CC1(C)Oc2cc(C#Cc3c(F)cccc3C(F)(F)F)ccc2-c2[nH]c(-c3ccncc3Cl)nc21. The molecule has 3 heterocycles. The Morgan fingerprint density at radius 1 is 1.06 bits per heavy atom. The Balaban J connectivity index is 1.57. The highest BCUT2D eigenvalue weighted by atomic mass is 35.5. The number of halogens is 5. The lowest BCUT2D eigenvalue weighted by Crippen LogP contribution is -2.29. The van der Waals surface area contributed by atoms with Crippen molar-refractivity contribution in [2.45, 2.75) is 25.6 Å². The molecular formula is C26H16ClF4N3O. The van der Waals surface area contributed by atoms with Crippen molar-refractivity contribution in [1.82, 2.24) is 15.0 Å². The summed E-state index contributed by atoms with van der Waals surface area (Å²) in [4.78, 5) is 12.0. The van der Waals surface area contributed by atoms with Crippen LogP contribution in [-0.4, -0.2) is 15.0 Å². The molecule has 0 saturated heterocycles. The van der Waals surface area contributed by atoms with E-state index < -0.39 is 28.7 Å². The summed E-state index contributed by atoms with van der Waals surface area (Å²) in [5.41, 5.74) is 0.518. The fourth-order valence-corrected chi connectivity index (χ4v) is 4.14. The summed E-state index contributed by atoms with van der Waals surface area (Å²) in [6, 6.07) is 9.48. The summed E-state index contributed by atoms with van der Waals surface area (Å²) >= 11 is 6.28. The van der Waals surface area contributed by atoms with Crippen LogP contribution < -0.4 is 4.74 Å². The molecule has 9 heteroatoms. The van der Waals surface area contributed by atoms with Gasteiger partial charge in [0.15, 0.2) is 0 Å². The van der Waals surface area contributed by atoms with Crippen molar-refractivity contribution in [3.63, 3.8) is 0 Å². The van der Waals surface area contributed by atoms with Crippen molar-refractivity contribution in [3.8, 4) is 40.2 Å². The Morgan fingerprint density at radius 3 is 2.60 bits per heavy atom. The van der Waals surface area contributed by atoms with E-state index in [1.165, 1.54) is 6.20 Å². The molecule has 5 rings (SSSR count). The van der Waals surface area contributed by atoms with Gasteiger partial charge in [-0.25, -0.2) is 9.37 Å². The van der Waals surface area contributed by atoms with Gasteiger partial charge in [0.1, 0.15) is 28.7 Å². The number of aromatic amines is 1. The number of aromatic nitrogens is 3. The van der Waals surface area contributed by atoms with E-state index in [1.807, 2.05) is 13.8 Å². The van der Waals surface area contributed by atoms with Crippen molar-refractivity contribution in [2.75, 3.05) is 0 Å². The molecule has 0 radical (unpaired) electrons. The summed E-state index contributed by atoms with van der Waals surface area (Å²) in [6.45, 7) is 3.70. The number of ether oxygens (including phenoxy) is 1. The number of hydrogen-bond donors (Lipinski definition) is 1. The fraction of sp³-hybridized carbons (Fsp3) is 0.154. The first-order chi connectivity index (χ1) is 16.5. The molecule has 0 aliphatic carbocycles. The highest BCUT2D eigenvalue weighted by Crippen LogP contribution is 2.45. The van der Waals surface area contributed by atoms with Crippen molar-refractivity contribution in [3.05, 3.63) is 88.1 Å². The van der Waals surface area contributed by atoms with Crippen molar-refractivity contribution in [2.24, 2.45) is 0 Å². The van der Waals surface area contributed by atoms with Crippen LogP contribution in [0.5, 0.6) is 5.75 Å². The zero-order valence-electron chi connectivity index (χ0n) is 18.4. The molecule has 0 bridgehead atoms. The predicted octanol–water partition coefficient (Wildman–Crippen LogP) is 6.98. The molecule has 1 aliphatic rings. The van der Waals surface area contributed by atoms with Gasteiger partial charge in [-0.3, -0.25) is 4.98 Å². The van der Waals surface area contributed by atoms with Gasteiger partial charge in [-0.15, -0.1) is 0 Å². The molecule has 2 aromatic heterocycles. The Hall–Kier alpha value is -3.83. The average Bonchev–Trinajstić information content (AvgIpc) is 3.24. The van der Waals surface area contributed by atoms with E-state index in [9.17, 15) is 17.6 Å². The number of rotatable bonds is 1. The number of pyridine rings is 1. The van der Waals surface area contributed by atoms with Gasteiger partial charge < -0.3 is 9.72 Å². The van der Waals surface area contributed by atoms with E-state index >= 15 is 0 Å². The van der Waals surface area contributed by atoms with E-state index in [1.54, 1.807) is 30.5 Å². The third-order valence-corrected chi connectivity index (χ3v) is 5.87. The van der Waals surface area contributed by atoms with Gasteiger partial charge in [0.25, 0.3) is 0 Å². The summed E-state index contributed by atoms with van der Waals surface area (Å²) in [6.07, 6.45) is -1.58. The second kappa shape index (κ2) is 8.14. The summed E-state index contributed by atoms with van der Waals surface area (Å²) in [5.74, 6) is 4.96.